The van der Waals surface area contributed by atoms with Crippen LogP contribution in [0.25, 0.3) is 0 Å². The molecule has 35 heavy (non-hydrogen) atoms. The van der Waals surface area contributed by atoms with Gasteiger partial charge in [0.25, 0.3) is 5.91 Å². The minimum Gasteiger partial charge on any atom is -0.345 e. The maximum absolute atomic E-state index is 13.4. The molecule has 3 N–H and O–H groups in total. The van der Waals surface area contributed by atoms with Gasteiger partial charge in [-0.3, -0.25) is 23.9 Å². The fraction of sp³-hybridized carbons (Fsp3) is 0.750. The highest BCUT2D eigenvalue weighted by Gasteiger charge is 2.42. The monoisotopic (exact) mass is 510 g/mol. The van der Waals surface area contributed by atoms with Crippen LogP contribution in [-0.2, 0) is 29.2 Å². The molecule has 0 aromatic rings. The van der Waals surface area contributed by atoms with Crippen molar-refractivity contribution in [1.29, 1.82) is 0 Å². The number of allylic oxidation sites excluding steroid dienone is 1. The summed E-state index contributed by atoms with van der Waals surface area (Å²) in [6, 6.07) is -2.56. The smallest absolute Gasteiger partial charge is 0.256 e. The van der Waals surface area contributed by atoms with E-state index in [4.69, 9.17) is 0 Å². The Balaban J connectivity index is 1.86. The summed E-state index contributed by atoms with van der Waals surface area (Å²) in [4.78, 5) is 53.0. The maximum Gasteiger partial charge on any atom is 0.256 e. The third-order valence-electron chi connectivity index (χ3n) is 6.95. The lowest BCUT2D eigenvalue weighted by Crippen LogP contribution is -2.58. The van der Waals surface area contributed by atoms with Gasteiger partial charge in [0.15, 0.2) is 0 Å². The highest BCUT2D eigenvalue weighted by Crippen LogP contribution is 2.28. The molecule has 0 aromatic carbocycles. The van der Waals surface area contributed by atoms with Crippen molar-refractivity contribution in [1.82, 2.24) is 20.3 Å². The van der Waals surface area contributed by atoms with Gasteiger partial charge in [-0.25, -0.2) is 8.42 Å². The van der Waals surface area contributed by atoms with Gasteiger partial charge in [0.1, 0.15) is 18.1 Å². The molecule has 2 heterocycles. The normalized spacial score (nSPS) is 29.8. The van der Waals surface area contributed by atoms with Gasteiger partial charge in [-0.1, -0.05) is 31.9 Å². The van der Waals surface area contributed by atoms with Crippen molar-refractivity contribution in [3.8, 4) is 0 Å². The second-order valence-corrected chi connectivity index (χ2v) is 11.7. The number of sulfonamides is 1. The highest BCUT2D eigenvalue weighted by molar-refractivity contribution is 7.90. The van der Waals surface area contributed by atoms with Crippen LogP contribution in [0.4, 0.5) is 0 Å². The van der Waals surface area contributed by atoms with Crippen LogP contribution in [0.3, 0.4) is 0 Å². The van der Waals surface area contributed by atoms with Crippen LogP contribution in [-0.4, -0.2) is 66.9 Å². The Morgan fingerprint density at radius 2 is 1.83 bits per heavy atom. The zero-order valence-corrected chi connectivity index (χ0v) is 21.4. The number of nitrogens with one attached hydrogen (secondary N) is 3. The molecular formula is C24H38N4O6S. The van der Waals surface area contributed by atoms with Crippen LogP contribution >= 0.6 is 0 Å². The van der Waals surface area contributed by atoms with E-state index in [0.29, 0.717) is 45.1 Å². The van der Waals surface area contributed by atoms with Gasteiger partial charge >= 0.3 is 0 Å². The SMILES string of the molecule is CC[C@H]1/C=C\CCCCC[C@H](NC(C)=O)C(=O)N2CCC[C@H]2C(=O)N[C@H]1C(=O)NS(=O)(=O)C1CC1. The van der Waals surface area contributed by atoms with Gasteiger partial charge in [0, 0.05) is 19.4 Å². The van der Waals surface area contributed by atoms with Crippen LogP contribution in [0.2, 0.25) is 0 Å². The Morgan fingerprint density at radius 1 is 1.09 bits per heavy atom. The molecule has 0 bridgehead atoms. The average molecular weight is 511 g/mol. The summed E-state index contributed by atoms with van der Waals surface area (Å²) in [5, 5.41) is 4.94. The molecule has 1 saturated heterocycles. The van der Waals surface area contributed by atoms with E-state index < -0.39 is 51.1 Å². The zero-order valence-electron chi connectivity index (χ0n) is 20.6. The summed E-state index contributed by atoms with van der Waals surface area (Å²) in [7, 11) is -3.78. The number of hydrogen-bond donors (Lipinski definition) is 3. The lowest BCUT2D eigenvalue weighted by molar-refractivity contribution is -0.142. The quantitative estimate of drug-likeness (QED) is 0.473. The van der Waals surface area contributed by atoms with Crippen LogP contribution in [0.5, 0.6) is 0 Å². The first kappa shape index (κ1) is 27.2. The van der Waals surface area contributed by atoms with E-state index in [9.17, 15) is 27.6 Å². The summed E-state index contributed by atoms with van der Waals surface area (Å²) < 4.78 is 27.0. The molecule has 196 valence electrons. The van der Waals surface area contributed by atoms with Crippen molar-refractivity contribution < 1.29 is 27.6 Å². The summed E-state index contributed by atoms with van der Waals surface area (Å²) in [6.07, 6.45) is 10.2. The molecule has 1 saturated carbocycles. The molecule has 0 unspecified atom stereocenters. The first-order valence-corrected chi connectivity index (χ1v) is 14.3. The molecule has 10 nitrogen and oxygen atoms in total. The van der Waals surface area contributed by atoms with E-state index in [-0.39, 0.29) is 11.8 Å². The van der Waals surface area contributed by atoms with Crippen molar-refractivity contribution in [2.75, 3.05) is 6.54 Å². The van der Waals surface area contributed by atoms with Crippen molar-refractivity contribution in [2.45, 2.75) is 101 Å². The van der Waals surface area contributed by atoms with E-state index in [2.05, 4.69) is 15.4 Å². The second kappa shape index (κ2) is 12.0. The second-order valence-electron chi connectivity index (χ2n) is 9.78. The molecule has 4 atom stereocenters. The Hall–Kier alpha value is -2.43. The van der Waals surface area contributed by atoms with Gasteiger partial charge in [-0.05, 0) is 51.4 Å². The Labute approximate surface area is 207 Å². The predicted molar refractivity (Wildman–Crippen MR) is 130 cm³/mol. The molecule has 3 rings (SSSR count). The summed E-state index contributed by atoms with van der Waals surface area (Å²) in [6.45, 7) is 3.64. The summed E-state index contributed by atoms with van der Waals surface area (Å²) >= 11 is 0. The third kappa shape index (κ3) is 7.28. The number of carbonyl (C=O) groups excluding carboxylic acids is 4. The molecule has 0 aromatic heterocycles. The fourth-order valence-corrected chi connectivity index (χ4v) is 6.16. The minimum absolute atomic E-state index is 0.296. The molecule has 0 spiro atoms. The van der Waals surface area contributed by atoms with Crippen LogP contribution in [0, 0.1) is 5.92 Å². The van der Waals surface area contributed by atoms with Gasteiger partial charge < -0.3 is 15.5 Å². The molecule has 11 heteroatoms. The molecule has 4 amide bonds. The first-order valence-electron chi connectivity index (χ1n) is 12.7. The number of carbonyl (C=O) groups is 4. The van der Waals surface area contributed by atoms with Crippen molar-refractivity contribution in [2.24, 2.45) is 5.92 Å². The van der Waals surface area contributed by atoms with E-state index in [1.54, 1.807) is 0 Å². The fourth-order valence-electron chi connectivity index (χ4n) is 4.83. The van der Waals surface area contributed by atoms with Gasteiger partial charge in [0.2, 0.25) is 27.7 Å². The molecule has 1 aliphatic carbocycles. The minimum atomic E-state index is -3.78. The Kier molecular flexibility index (Phi) is 9.32. The first-order chi connectivity index (χ1) is 16.6. The van der Waals surface area contributed by atoms with E-state index >= 15 is 0 Å². The molecule has 2 fully saturated rings. The number of fused-ring (bicyclic) bond motifs is 1. The van der Waals surface area contributed by atoms with Gasteiger partial charge in [-0.2, -0.15) is 0 Å². The predicted octanol–water partition coefficient (Wildman–Crippen LogP) is 1.12. The maximum atomic E-state index is 13.4. The van der Waals surface area contributed by atoms with Gasteiger partial charge in [-0.15, -0.1) is 0 Å². The number of rotatable bonds is 5. The summed E-state index contributed by atoms with van der Waals surface area (Å²) in [5.74, 6) is -2.23. The lowest BCUT2D eigenvalue weighted by Gasteiger charge is -2.31. The number of nitrogens with zero attached hydrogens (tertiary/aromatic N) is 1. The lowest BCUT2D eigenvalue weighted by atomic mass is 9.94. The number of hydrogen-bond acceptors (Lipinski definition) is 6. The van der Waals surface area contributed by atoms with Crippen LogP contribution < -0.4 is 15.4 Å². The highest BCUT2D eigenvalue weighted by atomic mass is 32.2. The van der Waals surface area contributed by atoms with Crippen molar-refractivity contribution >= 4 is 33.7 Å². The van der Waals surface area contributed by atoms with Crippen LogP contribution in [0.15, 0.2) is 12.2 Å². The van der Waals surface area contributed by atoms with E-state index in [1.165, 1.54) is 11.8 Å². The zero-order chi connectivity index (χ0) is 25.6. The standard InChI is InChI=1S/C24H38N4O6S/c1-3-17-10-7-5-4-6-8-11-19(25-16(2)29)24(32)28-15-9-12-20(28)22(30)26-21(17)23(31)27-35(33,34)18-13-14-18/h7,10,17-21H,3-6,8-9,11-15H2,1-2H3,(H,25,29)(H,26,30)(H,27,31)/b10-7-/t17-,19-,20-,21+/m0/s1. The van der Waals surface area contributed by atoms with Crippen molar-refractivity contribution in [3.63, 3.8) is 0 Å². The van der Waals surface area contributed by atoms with E-state index in [1.807, 2.05) is 19.1 Å². The van der Waals surface area contributed by atoms with Crippen LogP contribution in [0.1, 0.15) is 78.1 Å². The molecule has 0 radical (unpaired) electrons. The van der Waals surface area contributed by atoms with E-state index in [0.717, 1.165) is 25.7 Å². The molecular weight excluding hydrogens is 472 g/mol. The molecule has 2 aliphatic heterocycles. The Morgan fingerprint density at radius 3 is 2.49 bits per heavy atom. The average Bonchev–Trinajstić information content (AvgIpc) is 3.55. The van der Waals surface area contributed by atoms with Gasteiger partial charge in [0.05, 0.1) is 5.25 Å². The number of amides is 4. The van der Waals surface area contributed by atoms with Crippen molar-refractivity contribution in [3.05, 3.63) is 12.2 Å². The summed E-state index contributed by atoms with van der Waals surface area (Å²) in [5.41, 5.74) is 0. The largest absolute Gasteiger partial charge is 0.345 e. The molecule has 3 aliphatic rings. The Bertz CT molecular complexity index is 946. The third-order valence-corrected chi connectivity index (χ3v) is 8.78. The topological polar surface area (TPSA) is 142 Å².